The second kappa shape index (κ2) is 5.59. The Kier molecular flexibility index (Phi) is 3.88. The van der Waals surface area contributed by atoms with Crippen LogP contribution in [-0.2, 0) is 0 Å². The minimum atomic E-state index is -0.979. The van der Waals surface area contributed by atoms with Crippen molar-refractivity contribution in [3.63, 3.8) is 0 Å². The molecule has 0 aromatic carbocycles. The van der Waals surface area contributed by atoms with E-state index >= 15 is 0 Å². The van der Waals surface area contributed by atoms with E-state index in [1.807, 2.05) is 12.3 Å². The maximum atomic E-state index is 11.0. The van der Waals surface area contributed by atoms with Crippen molar-refractivity contribution < 1.29 is 9.90 Å². The first kappa shape index (κ1) is 12.5. The third kappa shape index (κ3) is 2.84. The van der Waals surface area contributed by atoms with Gasteiger partial charge in [0.15, 0.2) is 0 Å². The summed E-state index contributed by atoms with van der Waals surface area (Å²) in [5.41, 5.74) is 0.768. The van der Waals surface area contributed by atoms with E-state index < -0.39 is 5.97 Å². The van der Waals surface area contributed by atoms with Gasteiger partial charge in [-0.1, -0.05) is 6.92 Å². The van der Waals surface area contributed by atoms with Gasteiger partial charge in [-0.15, -0.1) is 11.3 Å². The average molecular weight is 263 g/mol. The molecule has 0 saturated carbocycles. The zero-order valence-electron chi connectivity index (χ0n) is 9.83. The van der Waals surface area contributed by atoms with Crippen LogP contribution in [0.15, 0.2) is 30.0 Å². The summed E-state index contributed by atoms with van der Waals surface area (Å²) in [5, 5.41) is 15.1. The quantitative estimate of drug-likeness (QED) is 0.866. The summed E-state index contributed by atoms with van der Waals surface area (Å²) in [4.78, 5) is 19.1. The Labute approximate surface area is 109 Å². The number of nitrogens with zero attached hydrogens (tertiary/aromatic N) is 2. The Morgan fingerprint density at radius 1 is 1.56 bits per heavy atom. The molecule has 2 aromatic heterocycles. The van der Waals surface area contributed by atoms with Crippen LogP contribution in [-0.4, -0.2) is 27.6 Å². The number of hydrogen-bond acceptors (Lipinski definition) is 5. The van der Waals surface area contributed by atoms with Gasteiger partial charge < -0.3 is 10.4 Å². The Balaban J connectivity index is 2.04. The van der Waals surface area contributed by atoms with Gasteiger partial charge in [0.2, 0.25) is 0 Å². The molecule has 0 saturated heterocycles. The van der Waals surface area contributed by atoms with E-state index in [4.69, 9.17) is 5.11 Å². The Hall–Kier alpha value is -1.95. The highest BCUT2D eigenvalue weighted by Gasteiger charge is 2.12. The van der Waals surface area contributed by atoms with Crippen molar-refractivity contribution >= 4 is 23.0 Å². The molecule has 2 N–H and O–H groups in total. The first-order chi connectivity index (χ1) is 8.68. The predicted molar refractivity (Wildman–Crippen MR) is 70.2 cm³/mol. The number of nitrogens with one attached hydrogen (secondary N) is 1. The standard InChI is InChI=1S/C12H13N3O2S/c1-8(11-14-4-5-18-11)6-15-10-2-3-13-7-9(10)12(16)17/h2-5,7-8H,6H2,1H3,(H,13,15)(H,16,17). The average Bonchev–Trinajstić information content (AvgIpc) is 2.90. The molecule has 0 fully saturated rings. The summed E-state index contributed by atoms with van der Waals surface area (Å²) >= 11 is 1.60. The molecule has 1 atom stereocenters. The third-order valence-electron chi connectivity index (χ3n) is 2.52. The zero-order chi connectivity index (χ0) is 13.0. The van der Waals surface area contributed by atoms with Crippen molar-refractivity contribution in [2.45, 2.75) is 12.8 Å². The normalized spacial score (nSPS) is 12.1. The lowest BCUT2D eigenvalue weighted by Gasteiger charge is -2.12. The van der Waals surface area contributed by atoms with E-state index in [0.29, 0.717) is 12.2 Å². The van der Waals surface area contributed by atoms with E-state index in [0.717, 1.165) is 5.01 Å². The fraction of sp³-hybridized carbons (Fsp3) is 0.250. The largest absolute Gasteiger partial charge is 0.478 e. The first-order valence-corrected chi connectivity index (χ1v) is 6.37. The van der Waals surface area contributed by atoms with Crippen LogP contribution in [0, 0.1) is 0 Å². The molecule has 18 heavy (non-hydrogen) atoms. The minimum absolute atomic E-state index is 0.184. The molecule has 2 rings (SSSR count). The molecule has 2 aromatic rings. The fourth-order valence-electron chi connectivity index (χ4n) is 1.55. The van der Waals surface area contributed by atoms with E-state index in [1.165, 1.54) is 6.20 Å². The van der Waals surface area contributed by atoms with Gasteiger partial charge in [-0.3, -0.25) is 4.98 Å². The number of carbonyl (C=O) groups is 1. The van der Waals surface area contributed by atoms with Gasteiger partial charge in [-0.25, -0.2) is 9.78 Å². The van der Waals surface area contributed by atoms with E-state index in [2.05, 4.69) is 15.3 Å². The summed E-state index contributed by atoms with van der Waals surface area (Å²) < 4.78 is 0. The van der Waals surface area contributed by atoms with Crippen molar-refractivity contribution in [1.82, 2.24) is 9.97 Å². The van der Waals surface area contributed by atoms with Crippen LogP contribution in [0.2, 0.25) is 0 Å². The van der Waals surface area contributed by atoms with Crippen molar-refractivity contribution in [3.8, 4) is 0 Å². The monoisotopic (exact) mass is 263 g/mol. The summed E-state index contributed by atoms with van der Waals surface area (Å²) in [6.07, 6.45) is 4.69. The fourth-order valence-corrected chi connectivity index (χ4v) is 2.25. The van der Waals surface area contributed by atoms with Crippen molar-refractivity contribution in [1.29, 1.82) is 0 Å². The van der Waals surface area contributed by atoms with Crippen molar-refractivity contribution in [2.24, 2.45) is 0 Å². The van der Waals surface area contributed by atoms with Gasteiger partial charge in [0.05, 0.1) is 10.7 Å². The van der Waals surface area contributed by atoms with Crippen LogP contribution in [0.25, 0.3) is 0 Å². The molecule has 6 heteroatoms. The highest BCUT2D eigenvalue weighted by Crippen LogP contribution is 2.20. The number of rotatable bonds is 5. The topological polar surface area (TPSA) is 75.1 Å². The molecular formula is C12H13N3O2S. The Morgan fingerprint density at radius 3 is 3.06 bits per heavy atom. The van der Waals surface area contributed by atoms with Crippen LogP contribution in [0.3, 0.4) is 0 Å². The molecule has 0 aliphatic rings. The first-order valence-electron chi connectivity index (χ1n) is 5.49. The molecule has 94 valence electrons. The van der Waals surface area contributed by atoms with Crippen LogP contribution in [0.5, 0.6) is 0 Å². The maximum Gasteiger partial charge on any atom is 0.339 e. The number of anilines is 1. The molecule has 1 unspecified atom stereocenters. The SMILES string of the molecule is CC(CNc1ccncc1C(=O)O)c1nccs1. The molecule has 5 nitrogen and oxygen atoms in total. The van der Waals surface area contributed by atoms with Gasteiger partial charge in [0, 0.05) is 36.4 Å². The van der Waals surface area contributed by atoms with E-state index in [1.54, 1.807) is 29.8 Å². The van der Waals surface area contributed by atoms with Crippen LogP contribution >= 0.6 is 11.3 Å². The number of aromatic carboxylic acids is 1. The van der Waals surface area contributed by atoms with Gasteiger partial charge in [-0.2, -0.15) is 0 Å². The van der Waals surface area contributed by atoms with Crippen molar-refractivity contribution in [3.05, 3.63) is 40.6 Å². The molecule has 0 aliphatic heterocycles. The lowest BCUT2D eigenvalue weighted by atomic mass is 10.1. The molecular weight excluding hydrogens is 250 g/mol. The smallest absolute Gasteiger partial charge is 0.339 e. The number of pyridine rings is 1. The van der Waals surface area contributed by atoms with E-state index in [9.17, 15) is 4.79 Å². The highest BCUT2D eigenvalue weighted by molar-refractivity contribution is 7.09. The Morgan fingerprint density at radius 2 is 2.39 bits per heavy atom. The molecule has 0 spiro atoms. The van der Waals surface area contributed by atoms with Crippen LogP contribution < -0.4 is 5.32 Å². The molecule has 2 heterocycles. The highest BCUT2D eigenvalue weighted by atomic mass is 32.1. The lowest BCUT2D eigenvalue weighted by Crippen LogP contribution is -2.12. The summed E-state index contributed by atoms with van der Waals surface area (Å²) in [7, 11) is 0. The number of carboxylic acids is 1. The summed E-state index contributed by atoms with van der Waals surface area (Å²) in [5.74, 6) is -0.743. The number of aromatic nitrogens is 2. The van der Waals surface area contributed by atoms with Gasteiger partial charge in [-0.05, 0) is 6.07 Å². The number of thiazole rings is 1. The predicted octanol–water partition coefficient (Wildman–Crippen LogP) is 2.45. The van der Waals surface area contributed by atoms with Gasteiger partial charge in [0.1, 0.15) is 5.56 Å². The van der Waals surface area contributed by atoms with Gasteiger partial charge >= 0.3 is 5.97 Å². The maximum absolute atomic E-state index is 11.0. The zero-order valence-corrected chi connectivity index (χ0v) is 10.6. The lowest BCUT2D eigenvalue weighted by molar-refractivity contribution is 0.0697. The van der Waals surface area contributed by atoms with Crippen molar-refractivity contribution in [2.75, 3.05) is 11.9 Å². The second-order valence-electron chi connectivity index (χ2n) is 3.88. The number of hydrogen-bond donors (Lipinski definition) is 2. The molecule has 0 aliphatic carbocycles. The summed E-state index contributed by atoms with van der Waals surface area (Å²) in [6.45, 7) is 2.69. The summed E-state index contributed by atoms with van der Waals surface area (Å²) in [6, 6.07) is 1.66. The van der Waals surface area contributed by atoms with E-state index in [-0.39, 0.29) is 11.5 Å². The van der Waals surface area contributed by atoms with Crippen LogP contribution in [0.1, 0.15) is 28.2 Å². The van der Waals surface area contributed by atoms with Gasteiger partial charge in [0.25, 0.3) is 0 Å². The Bertz CT molecular complexity index is 528. The second-order valence-corrected chi connectivity index (χ2v) is 4.80. The number of carboxylic acid groups (broad SMARTS) is 1. The third-order valence-corrected chi connectivity index (χ3v) is 3.53. The minimum Gasteiger partial charge on any atom is -0.478 e. The molecule has 0 amide bonds. The molecule has 0 radical (unpaired) electrons. The van der Waals surface area contributed by atoms with Crippen LogP contribution in [0.4, 0.5) is 5.69 Å². The molecule has 0 bridgehead atoms.